The van der Waals surface area contributed by atoms with Gasteiger partial charge in [-0.15, -0.1) is 0 Å². The van der Waals surface area contributed by atoms with E-state index in [1.165, 1.54) is 54.6 Å². The summed E-state index contributed by atoms with van der Waals surface area (Å²) in [6.07, 6.45) is 1.87. The molecule has 0 aliphatic heterocycles. The number of rotatable bonds is 4. The first-order valence-electron chi connectivity index (χ1n) is 18.5. The fourth-order valence-corrected chi connectivity index (χ4v) is 8.45. The molecule has 254 valence electrons. The number of benzene rings is 9. The molecule has 0 N–H and O–H groups in total. The zero-order chi connectivity index (χ0) is 36.5. The molecule has 0 spiro atoms. The molecule has 11 rings (SSSR count). The first-order chi connectivity index (χ1) is 27.2. The summed E-state index contributed by atoms with van der Waals surface area (Å²) >= 11 is 0. The van der Waals surface area contributed by atoms with Crippen molar-refractivity contribution in [2.24, 2.45) is 0 Å². The predicted molar refractivity (Wildman–Crippen MR) is 230 cm³/mol. The SMILES string of the molecule is [C-]#[N+]c1ccc2oc3ccc(-c4ccc(-c5cc6c7ccccc7c(-c7ccc(-c8cccc9cccnc89)cc7)cc6c6ccccc56)cc4)cc3c2c1. The summed E-state index contributed by atoms with van der Waals surface area (Å²) in [5, 5.41) is 10.6. The standard InChI is InChI=1S/C52H30N2O/c1-53-38-24-26-51-49(29-38)48-28-37(23-25-50(48)55-51)32-15-17-34(18-16-32)44-30-46-43-13-5-3-11-41(43)45(31-47(46)42-12-4-2-10-40(42)44)35-21-19-33(20-22-35)39-14-6-8-36-9-7-27-54-52(36)39/h2-31H. The number of hydrogen-bond acceptors (Lipinski definition) is 2. The van der Waals surface area contributed by atoms with Crippen LogP contribution in [0.15, 0.2) is 187 Å². The first kappa shape index (κ1) is 31.0. The second kappa shape index (κ2) is 12.3. The van der Waals surface area contributed by atoms with Crippen LogP contribution in [-0.2, 0) is 0 Å². The summed E-state index contributed by atoms with van der Waals surface area (Å²) in [5.41, 5.74) is 12.6. The maximum Gasteiger partial charge on any atom is 0.188 e. The van der Waals surface area contributed by atoms with Crippen LogP contribution in [0.25, 0.3) is 115 Å². The van der Waals surface area contributed by atoms with E-state index in [2.05, 4.69) is 150 Å². The Morgan fingerprint density at radius 3 is 1.55 bits per heavy atom. The third kappa shape index (κ3) is 5.00. The fourth-order valence-electron chi connectivity index (χ4n) is 8.45. The number of hydrogen-bond donors (Lipinski definition) is 0. The molecule has 0 unspecified atom stereocenters. The lowest BCUT2D eigenvalue weighted by molar-refractivity contribution is 0.669. The Labute approximate surface area is 317 Å². The Hall–Kier alpha value is -7.54. The van der Waals surface area contributed by atoms with E-state index in [4.69, 9.17) is 16.0 Å². The summed E-state index contributed by atoms with van der Waals surface area (Å²) in [7, 11) is 0. The lowest BCUT2D eigenvalue weighted by Gasteiger charge is -2.16. The quantitative estimate of drug-likeness (QED) is 0.135. The molecule has 0 fully saturated rings. The van der Waals surface area contributed by atoms with E-state index in [0.717, 1.165) is 55.1 Å². The summed E-state index contributed by atoms with van der Waals surface area (Å²) in [4.78, 5) is 8.33. The summed E-state index contributed by atoms with van der Waals surface area (Å²) < 4.78 is 6.09. The van der Waals surface area contributed by atoms with Crippen molar-refractivity contribution < 1.29 is 4.42 Å². The van der Waals surface area contributed by atoms with Gasteiger partial charge in [0.25, 0.3) is 0 Å². The van der Waals surface area contributed by atoms with E-state index in [1.54, 1.807) is 6.07 Å². The van der Waals surface area contributed by atoms with Crippen LogP contribution in [-0.4, -0.2) is 4.98 Å². The van der Waals surface area contributed by atoms with Gasteiger partial charge in [-0.3, -0.25) is 4.98 Å². The minimum atomic E-state index is 0.612. The van der Waals surface area contributed by atoms with Gasteiger partial charge in [-0.05, 0) is 114 Å². The molecule has 2 aromatic heterocycles. The molecular weight excluding hydrogens is 669 g/mol. The number of nitrogens with zero attached hydrogens (tertiary/aromatic N) is 2. The maximum atomic E-state index is 7.47. The van der Waals surface area contributed by atoms with Crippen LogP contribution in [0, 0.1) is 6.57 Å². The normalized spacial score (nSPS) is 11.6. The minimum absolute atomic E-state index is 0.612. The van der Waals surface area contributed by atoms with E-state index < -0.39 is 0 Å². The number of aromatic nitrogens is 1. The molecule has 0 bridgehead atoms. The highest BCUT2D eigenvalue weighted by molar-refractivity contribution is 6.24. The number of fused-ring (bicyclic) bond motifs is 9. The second-order valence-corrected chi connectivity index (χ2v) is 14.2. The summed E-state index contributed by atoms with van der Waals surface area (Å²) in [6, 6.07) is 62.6. The van der Waals surface area contributed by atoms with Crippen LogP contribution in [0.2, 0.25) is 0 Å². The lowest BCUT2D eigenvalue weighted by Crippen LogP contribution is -1.89. The molecule has 9 aromatic carbocycles. The molecule has 3 heteroatoms. The van der Waals surface area contributed by atoms with Crippen molar-refractivity contribution in [3.63, 3.8) is 0 Å². The highest BCUT2D eigenvalue weighted by atomic mass is 16.3. The molecule has 55 heavy (non-hydrogen) atoms. The molecule has 2 heterocycles. The largest absolute Gasteiger partial charge is 0.456 e. The van der Waals surface area contributed by atoms with Crippen molar-refractivity contribution in [1.29, 1.82) is 0 Å². The minimum Gasteiger partial charge on any atom is -0.456 e. The van der Waals surface area contributed by atoms with E-state index in [-0.39, 0.29) is 0 Å². The van der Waals surface area contributed by atoms with Crippen LogP contribution in [0.5, 0.6) is 0 Å². The molecule has 0 aliphatic rings. The maximum absolute atomic E-state index is 7.47. The van der Waals surface area contributed by atoms with Crippen molar-refractivity contribution in [3.05, 3.63) is 194 Å². The van der Waals surface area contributed by atoms with Gasteiger partial charge in [0.05, 0.1) is 12.1 Å². The zero-order valence-corrected chi connectivity index (χ0v) is 29.6. The van der Waals surface area contributed by atoms with Crippen molar-refractivity contribution in [1.82, 2.24) is 4.98 Å². The van der Waals surface area contributed by atoms with Crippen molar-refractivity contribution >= 4 is 70.8 Å². The molecular formula is C52H30N2O. The number of furan rings is 1. The van der Waals surface area contributed by atoms with Crippen molar-refractivity contribution in [2.45, 2.75) is 0 Å². The van der Waals surface area contributed by atoms with Gasteiger partial charge in [-0.25, -0.2) is 4.85 Å². The average Bonchev–Trinajstić information content (AvgIpc) is 3.63. The molecule has 0 saturated carbocycles. The van der Waals surface area contributed by atoms with Gasteiger partial charge in [0.2, 0.25) is 0 Å². The highest BCUT2D eigenvalue weighted by Gasteiger charge is 2.16. The third-order valence-electron chi connectivity index (χ3n) is 11.1. The van der Waals surface area contributed by atoms with Gasteiger partial charge in [0, 0.05) is 27.9 Å². The summed E-state index contributed by atoms with van der Waals surface area (Å²) in [5.74, 6) is 0. The predicted octanol–water partition coefficient (Wildman–Crippen LogP) is 14.8. The van der Waals surface area contributed by atoms with Gasteiger partial charge in [0.1, 0.15) is 11.2 Å². The lowest BCUT2D eigenvalue weighted by atomic mass is 9.87. The number of para-hydroxylation sites is 1. The topological polar surface area (TPSA) is 30.4 Å². The Bertz CT molecular complexity index is 3360. The molecule has 0 atom stereocenters. The van der Waals surface area contributed by atoms with Crippen molar-refractivity contribution in [3.8, 4) is 44.5 Å². The third-order valence-corrected chi connectivity index (χ3v) is 11.1. The second-order valence-electron chi connectivity index (χ2n) is 14.2. The molecule has 0 amide bonds. The van der Waals surface area contributed by atoms with E-state index in [1.807, 2.05) is 30.5 Å². The van der Waals surface area contributed by atoms with Gasteiger partial charge in [-0.2, -0.15) is 0 Å². The van der Waals surface area contributed by atoms with Crippen LogP contribution >= 0.6 is 0 Å². The highest BCUT2D eigenvalue weighted by Crippen LogP contribution is 2.43. The van der Waals surface area contributed by atoms with E-state index in [9.17, 15) is 0 Å². The zero-order valence-electron chi connectivity index (χ0n) is 29.6. The van der Waals surface area contributed by atoms with Crippen LogP contribution in [0.1, 0.15) is 0 Å². The van der Waals surface area contributed by atoms with Gasteiger partial charge < -0.3 is 4.42 Å². The number of pyridine rings is 1. The first-order valence-corrected chi connectivity index (χ1v) is 18.5. The monoisotopic (exact) mass is 698 g/mol. The van der Waals surface area contributed by atoms with Gasteiger partial charge in [-0.1, -0.05) is 133 Å². The van der Waals surface area contributed by atoms with E-state index >= 15 is 0 Å². The van der Waals surface area contributed by atoms with Crippen molar-refractivity contribution in [2.75, 3.05) is 0 Å². The summed E-state index contributed by atoms with van der Waals surface area (Å²) in [6.45, 7) is 7.47. The molecule has 0 saturated heterocycles. The Balaban J connectivity index is 1.02. The Morgan fingerprint density at radius 2 is 0.909 bits per heavy atom. The van der Waals surface area contributed by atoms with Gasteiger partial charge >= 0.3 is 0 Å². The molecule has 0 radical (unpaired) electrons. The van der Waals surface area contributed by atoms with Crippen LogP contribution in [0.4, 0.5) is 5.69 Å². The molecule has 3 nitrogen and oxygen atoms in total. The van der Waals surface area contributed by atoms with Gasteiger partial charge in [0.15, 0.2) is 5.69 Å². The molecule has 11 aromatic rings. The Kier molecular flexibility index (Phi) is 6.92. The fraction of sp³-hybridized carbons (Fsp3) is 0. The smallest absolute Gasteiger partial charge is 0.188 e. The van der Waals surface area contributed by atoms with E-state index in [0.29, 0.717) is 5.69 Å². The Morgan fingerprint density at radius 1 is 0.382 bits per heavy atom. The molecule has 0 aliphatic carbocycles. The van der Waals surface area contributed by atoms with Crippen LogP contribution in [0.3, 0.4) is 0 Å². The average molecular weight is 699 g/mol. The van der Waals surface area contributed by atoms with Crippen LogP contribution < -0.4 is 0 Å².